The number of sulfone groups is 1. The molecule has 0 heterocycles. The maximum absolute atomic E-state index is 11.1. The van der Waals surface area contributed by atoms with Gasteiger partial charge in [-0.25, -0.2) is 13.3 Å². The van der Waals surface area contributed by atoms with Crippen LogP contribution in [0, 0.1) is 0 Å². The lowest BCUT2D eigenvalue weighted by Gasteiger charge is -2.00. The van der Waals surface area contributed by atoms with Crippen molar-refractivity contribution in [2.75, 3.05) is 13.4 Å². The molecule has 0 amide bonds. The Balaban J connectivity index is 2.65. The predicted octanol–water partition coefficient (Wildman–Crippen LogP) is 1.61. The summed E-state index contributed by atoms with van der Waals surface area (Å²) in [6, 6.07) is 6.21. The molecule has 1 rings (SSSR count). The molecule has 0 aromatic heterocycles. The summed E-state index contributed by atoms with van der Waals surface area (Å²) in [5, 5.41) is 4.18. The fourth-order valence-electron chi connectivity index (χ4n) is 0.823. The van der Waals surface area contributed by atoms with Crippen LogP contribution >= 0.6 is 12.0 Å². The number of rotatable bonds is 5. The third-order valence-corrected chi connectivity index (χ3v) is 3.19. The van der Waals surface area contributed by atoms with E-state index in [1.165, 1.54) is 19.2 Å². The Labute approximate surface area is 92.3 Å². The van der Waals surface area contributed by atoms with Crippen molar-refractivity contribution in [2.24, 2.45) is 0 Å². The van der Waals surface area contributed by atoms with E-state index in [-0.39, 0.29) is 4.90 Å². The Kier molecular flexibility index (Phi) is 4.55. The van der Waals surface area contributed by atoms with Crippen LogP contribution in [0.15, 0.2) is 34.1 Å². The molecule has 0 saturated heterocycles. The molecule has 0 fully saturated rings. The highest BCUT2D eigenvalue weighted by Gasteiger charge is 2.06. The first kappa shape index (κ1) is 12.5. The smallest absolute Gasteiger partial charge is 0.175 e. The normalized spacial score (nSPS) is 11.6. The second kappa shape index (κ2) is 5.47. The molecule has 1 aromatic carbocycles. The molecule has 0 aliphatic heterocycles. The van der Waals surface area contributed by atoms with Gasteiger partial charge in [-0.2, -0.15) is 0 Å². The quantitative estimate of drug-likeness (QED) is 0.342. The Morgan fingerprint density at radius 2 is 1.80 bits per heavy atom. The van der Waals surface area contributed by atoms with Crippen LogP contribution in [0.4, 0.5) is 0 Å². The number of hydrogen-bond acceptors (Lipinski definition) is 6. The van der Waals surface area contributed by atoms with Gasteiger partial charge in [0, 0.05) is 11.2 Å². The lowest BCUT2D eigenvalue weighted by Crippen LogP contribution is -1.96. The first-order chi connectivity index (χ1) is 7.04. The highest BCUT2D eigenvalue weighted by Crippen LogP contribution is 2.21. The SMILES string of the molecule is COOOSc1ccc(S(C)(=O)=O)cc1. The van der Waals surface area contributed by atoms with Gasteiger partial charge in [0.05, 0.1) is 24.0 Å². The zero-order valence-electron chi connectivity index (χ0n) is 8.17. The average molecular weight is 250 g/mol. The van der Waals surface area contributed by atoms with Crippen LogP contribution in [0.25, 0.3) is 0 Å². The molecule has 5 nitrogen and oxygen atoms in total. The first-order valence-electron chi connectivity index (χ1n) is 3.88. The van der Waals surface area contributed by atoms with Gasteiger partial charge in [0.1, 0.15) is 0 Å². The molecule has 1 aromatic rings. The molecule has 84 valence electrons. The van der Waals surface area contributed by atoms with Gasteiger partial charge in [0.25, 0.3) is 0 Å². The fourth-order valence-corrected chi connectivity index (χ4v) is 1.86. The zero-order chi connectivity index (χ0) is 11.3. The van der Waals surface area contributed by atoms with Gasteiger partial charge in [-0.15, -0.1) is 4.33 Å². The lowest BCUT2D eigenvalue weighted by atomic mass is 10.4. The molecule has 0 radical (unpaired) electrons. The van der Waals surface area contributed by atoms with E-state index in [4.69, 9.17) is 0 Å². The molecule has 0 N–H and O–H groups in total. The van der Waals surface area contributed by atoms with E-state index < -0.39 is 9.84 Å². The third-order valence-electron chi connectivity index (χ3n) is 1.48. The van der Waals surface area contributed by atoms with Crippen molar-refractivity contribution in [3.8, 4) is 0 Å². The fraction of sp³-hybridized carbons (Fsp3) is 0.250. The van der Waals surface area contributed by atoms with Crippen LogP contribution in [-0.2, 0) is 24.1 Å². The van der Waals surface area contributed by atoms with Gasteiger partial charge >= 0.3 is 0 Å². The van der Waals surface area contributed by atoms with Crippen molar-refractivity contribution in [3.05, 3.63) is 24.3 Å². The van der Waals surface area contributed by atoms with Crippen molar-refractivity contribution in [1.29, 1.82) is 0 Å². The van der Waals surface area contributed by atoms with Gasteiger partial charge < -0.3 is 0 Å². The highest BCUT2D eigenvalue weighted by molar-refractivity contribution is 7.94. The molecule has 0 aliphatic carbocycles. The van der Waals surface area contributed by atoms with Gasteiger partial charge in [0.2, 0.25) is 0 Å². The molecule has 15 heavy (non-hydrogen) atoms. The molecule has 0 bridgehead atoms. The number of hydrogen-bond donors (Lipinski definition) is 0. The van der Waals surface area contributed by atoms with E-state index in [1.54, 1.807) is 12.1 Å². The van der Waals surface area contributed by atoms with Crippen LogP contribution in [-0.4, -0.2) is 21.8 Å². The van der Waals surface area contributed by atoms with Crippen LogP contribution in [0.1, 0.15) is 0 Å². The zero-order valence-corrected chi connectivity index (χ0v) is 9.80. The van der Waals surface area contributed by atoms with Crippen LogP contribution in [0.3, 0.4) is 0 Å². The molecule has 0 saturated carbocycles. The summed E-state index contributed by atoms with van der Waals surface area (Å²) < 4.78 is 26.8. The number of benzene rings is 1. The summed E-state index contributed by atoms with van der Waals surface area (Å²) >= 11 is 0.922. The second-order valence-corrected chi connectivity index (χ2v) is 5.42. The standard InChI is InChI=1S/C8H10O5S2/c1-11-12-13-14-7-3-5-8(6-4-7)15(2,9)10/h3-6H,1-2H3. The molecule has 0 atom stereocenters. The van der Waals surface area contributed by atoms with Crippen molar-refractivity contribution in [2.45, 2.75) is 9.79 Å². The minimum atomic E-state index is -3.15. The van der Waals surface area contributed by atoms with Crippen molar-refractivity contribution in [1.82, 2.24) is 0 Å². The second-order valence-electron chi connectivity index (χ2n) is 2.63. The summed E-state index contributed by atoms with van der Waals surface area (Å²) in [5.41, 5.74) is 0. The molecule has 0 spiro atoms. The third kappa shape index (κ3) is 4.18. The monoisotopic (exact) mass is 250 g/mol. The average Bonchev–Trinajstić information content (AvgIpc) is 2.18. The van der Waals surface area contributed by atoms with Crippen molar-refractivity contribution >= 4 is 21.9 Å². The Morgan fingerprint density at radius 3 is 2.27 bits per heavy atom. The maximum atomic E-state index is 11.1. The van der Waals surface area contributed by atoms with Gasteiger partial charge in [0.15, 0.2) is 9.84 Å². The predicted molar refractivity (Wildman–Crippen MR) is 54.6 cm³/mol. The summed E-state index contributed by atoms with van der Waals surface area (Å²) in [6.45, 7) is 0. The molecular weight excluding hydrogens is 240 g/mol. The van der Waals surface area contributed by atoms with Gasteiger partial charge in [-0.05, 0) is 24.3 Å². The van der Waals surface area contributed by atoms with E-state index in [9.17, 15) is 8.42 Å². The van der Waals surface area contributed by atoms with E-state index in [1.807, 2.05) is 0 Å². The van der Waals surface area contributed by atoms with Crippen molar-refractivity contribution < 1.29 is 22.7 Å². The maximum Gasteiger partial charge on any atom is 0.175 e. The van der Waals surface area contributed by atoms with Gasteiger partial charge in [-0.3, -0.25) is 0 Å². The highest BCUT2D eigenvalue weighted by atomic mass is 32.2. The molecule has 0 aliphatic rings. The van der Waals surface area contributed by atoms with Crippen LogP contribution < -0.4 is 0 Å². The summed E-state index contributed by atoms with van der Waals surface area (Å²) in [6.07, 6.45) is 1.15. The Morgan fingerprint density at radius 1 is 1.20 bits per heavy atom. The van der Waals surface area contributed by atoms with Crippen LogP contribution in [0.5, 0.6) is 0 Å². The largest absolute Gasteiger partial charge is 0.224 e. The van der Waals surface area contributed by atoms with E-state index in [0.29, 0.717) is 4.90 Å². The minimum absolute atomic E-state index is 0.263. The topological polar surface area (TPSA) is 61.8 Å². The molecule has 7 heteroatoms. The van der Waals surface area contributed by atoms with E-state index >= 15 is 0 Å². The Hall–Kier alpha value is -0.600. The molecule has 0 unspecified atom stereocenters. The van der Waals surface area contributed by atoms with Crippen molar-refractivity contribution in [3.63, 3.8) is 0 Å². The molecular formula is C8H10O5S2. The minimum Gasteiger partial charge on any atom is -0.224 e. The summed E-state index contributed by atoms with van der Waals surface area (Å²) in [7, 11) is -1.84. The summed E-state index contributed by atoms with van der Waals surface area (Å²) in [5.74, 6) is 0. The first-order valence-corrected chi connectivity index (χ1v) is 6.51. The van der Waals surface area contributed by atoms with Crippen LogP contribution in [0.2, 0.25) is 0 Å². The van der Waals surface area contributed by atoms with E-state index in [2.05, 4.69) is 14.3 Å². The van der Waals surface area contributed by atoms with E-state index in [0.717, 1.165) is 18.3 Å². The Bertz CT molecular complexity index is 398. The lowest BCUT2D eigenvalue weighted by molar-refractivity contribution is -0.447. The summed E-state index contributed by atoms with van der Waals surface area (Å²) in [4.78, 5) is 5.17. The van der Waals surface area contributed by atoms with Gasteiger partial charge in [-0.1, -0.05) is 5.04 Å².